The van der Waals surface area contributed by atoms with E-state index in [0.29, 0.717) is 6.42 Å². The van der Waals surface area contributed by atoms with Crippen molar-refractivity contribution in [1.29, 1.82) is 0 Å². The predicted molar refractivity (Wildman–Crippen MR) is 120 cm³/mol. The summed E-state index contributed by atoms with van der Waals surface area (Å²) in [5, 5.41) is 11.4. The van der Waals surface area contributed by atoms with Gasteiger partial charge in [-0.1, -0.05) is 75.4 Å². The van der Waals surface area contributed by atoms with E-state index in [-0.39, 0.29) is 17.1 Å². The average molecular weight is 398 g/mol. The third-order valence-electron chi connectivity index (χ3n) is 6.35. The molecule has 2 aromatic carbocycles. The van der Waals surface area contributed by atoms with Gasteiger partial charge in [-0.05, 0) is 34.9 Å². The van der Waals surface area contributed by atoms with Gasteiger partial charge in [0.25, 0.3) is 0 Å². The fourth-order valence-electron chi connectivity index (χ4n) is 4.90. The van der Waals surface area contributed by atoms with Crippen LogP contribution in [0.2, 0.25) is 0 Å². The lowest BCUT2D eigenvalue weighted by Crippen LogP contribution is -2.33. The van der Waals surface area contributed by atoms with Crippen LogP contribution in [0.3, 0.4) is 0 Å². The van der Waals surface area contributed by atoms with Crippen molar-refractivity contribution in [3.8, 4) is 11.3 Å². The Balaban J connectivity index is 1.70. The van der Waals surface area contributed by atoms with Crippen LogP contribution in [0.25, 0.3) is 11.3 Å². The Labute approximate surface area is 177 Å². The maximum absolute atomic E-state index is 13.4. The molecule has 0 radical (unpaired) electrons. The minimum Gasteiger partial charge on any atom is -0.342 e. The van der Waals surface area contributed by atoms with Crippen LogP contribution in [-0.4, -0.2) is 16.0 Å². The van der Waals surface area contributed by atoms with Crippen LogP contribution in [0.4, 0.5) is 5.82 Å². The number of aromatic nitrogens is 2. The molecule has 1 aromatic heterocycles. The van der Waals surface area contributed by atoms with Crippen LogP contribution in [0.5, 0.6) is 0 Å². The van der Waals surface area contributed by atoms with E-state index in [1.54, 1.807) is 0 Å². The fraction of sp³-hybridized carbons (Fsp3) is 0.308. The smallest absolute Gasteiger partial charge is 0.162 e. The van der Waals surface area contributed by atoms with Crippen LogP contribution in [0.15, 0.2) is 65.9 Å². The number of hydrogen-bond acceptors (Lipinski definition) is 3. The van der Waals surface area contributed by atoms with E-state index in [1.165, 1.54) is 5.56 Å². The molecule has 4 heteroatoms. The van der Waals surface area contributed by atoms with Crippen molar-refractivity contribution in [2.45, 2.75) is 46.0 Å². The molecule has 0 saturated carbocycles. The van der Waals surface area contributed by atoms with Gasteiger partial charge >= 0.3 is 0 Å². The minimum atomic E-state index is -0.111. The molecule has 0 spiro atoms. The molecule has 152 valence electrons. The number of aromatic amines is 1. The molecular weight excluding hydrogens is 370 g/mol. The van der Waals surface area contributed by atoms with E-state index in [4.69, 9.17) is 0 Å². The van der Waals surface area contributed by atoms with Crippen LogP contribution >= 0.6 is 0 Å². The van der Waals surface area contributed by atoms with Gasteiger partial charge in [0.2, 0.25) is 0 Å². The van der Waals surface area contributed by atoms with Crippen molar-refractivity contribution in [3.63, 3.8) is 0 Å². The molecule has 0 fully saturated rings. The number of fused-ring (bicyclic) bond motifs is 1. The maximum Gasteiger partial charge on any atom is 0.162 e. The predicted octanol–water partition coefficient (Wildman–Crippen LogP) is 5.84. The van der Waals surface area contributed by atoms with Crippen molar-refractivity contribution in [2.75, 3.05) is 5.32 Å². The highest BCUT2D eigenvalue weighted by Gasteiger charge is 2.42. The summed E-state index contributed by atoms with van der Waals surface area (Å²) < 4.78 is 0. The van der Waals surface area contributed by atoms with Gasteiger partial charge in [-0.25, -0.2) is 0 Å². The summed E-state index contributed by atoms with van der Waals surface area (Å²) in [4.78, 5) is 13.4. The van der Waals surface area contributed by atoms with Crippen molar-refractivity contribution in [2.24, 2.45) is 5.41 Å². The molecule has 0 amide bonds. The molecule has 1 atom stereocenters. The molecule has 2 heterocycles. The zero-order valence-electron chi connectivity index (χ0n) is 17.8. The van der Waals surface area contributed by atoms with Crippen LogP contribution in [0, 0.1) is 5.41 Å². The lowest BCUT2D eigenvalue weighted by molar-refractivity contribution is -0.118. The number of allylic oxidation sites excluding steroid dienone is 2. The van der Waals surface area contributed by atoms with E-state index in [2.05, 4.69) is 72.7 Å². The highest BCUT2D eigenvalue weighted by Crippen LogP contribution is 2.50. The number of rotatable bonds is 3. The number of aryl methyl sites for hydroxylation is 1. The molecule has 2 N–H and O–H groups in total. The normalized spacial score (nSPS) is 19.8. The number of ketones is 1. The lowest BCUT2D eigenvalue weighted by Gasteiger charge is -2.38. The van der Waals surface area contributed by atoms with Crippen molar-refractivity contribution in [3.05, 3.63) is 82.6 Å². The number of anilines is 1. The molecule has 0 bridgehead atoms. The number of nitrogens with zero attached hydrogens (tertiary/aromatic N) is 1. The number of carbonyl (C=O) groups is 1. The largest absolute Gasteiger partial charge is 0.342 e. The Morgan fingerprint density at radius 1 is 1.03 bits per heavy atom. The van der Waals surface area contributed by atoms with E-state index in [0.717, 1.165) is 52.3 Å². The van der Waals surface area contributed by atoms with Gasteiger partial charge in [0, 0.05) is 29.2 Å². The number of H-pyrrole nitrogens is 1. The summed E-state index contributed by atoms with van der Waals surface area (Å²) in [5.41, 5.74) is 7.47. The maximum atomic E-state index is 13.4. The summed E-state index contributed by atoms with van der Waals surface area (Å²) in [6, 6.07) is 19.0. The molecule has 2 aliphatic rings. The number of benzene rings is 2. The second-order valence-corrected chi connectivity index (χ2v) is 9.21. The first-order valence-electron chi connectivity index (χ1n) is 10.7. The van der Waals surface area contributed by atoms with Gasteiger partial charge in [-0.15, -0.1) is 0 Å². The third kappa shape index (κ3) is 3.07. The summed E-state index contributed by atoms with van der Waals surface area (Å²) in [5.74, 6) is 0.963. The Hall–Kier alpha value is -3.14. The number of nitrogens with one attached hydrogen (secondary N) is 2. The zero-order valence-corrected chi connectivity index (χ0v) is 17.8. The Bertz CT molecular complexity index is 1140. The molecule has 1 aliphatic heterocycles. The first-order valence-corrected chi connectivity index (χ1v) is 10.7. The monoisotopic (exact) mass is 397 g/mol. The van der Waals surface area contributed by atoms with Crippen molar-refractivity contribution >= 4 is 11.6 Å². The average Bonchev–Trinajstić information content (AvgIpc) is 3.15. The Morgan fingerprint density at radius 2 is 1.77 bits per heavy atom. The quantitative estimate of drug-likeness (QED) is 0.584. The highest BCUT2D eigenvalue weighted by molar-refractivity contribution is 6.02. The zero-order chi connectivity index (χ0) is 20.9. The van der Waals surface area contributed by atoms with E-state index in [9.17, 15) is 4.79 Å². The van der Waals surface area contributed by atoms with Gasteiger partial charge in [0.1, 0.15) is 0 Å². The second kappa shape index (κ2) is 6.98. The number of Topliss-reactive ketones (excluding diaryl/α,β-unsaturated/α-hetero) is 1. The molecule has 4 nitrogen and oxygen atoms in total. The summed E-state index contributed by atoms with van der Waals surface area (Å²) in [6.45, 7) is 6.48. The molecule has 3 aromatic rings. The summed E-state index contributed by atoms with van der Waals surface area (Å²) in [7, 11) is 0. The van der Waals surface area contributed by atoms with Crippen LogP contribution in [-0.2, 0) is 11.2 Å². The summed E-state index contributed by atoms with van der Waals surface area (Å²) >= 11 is 0. The van der Waals surface area contributed by atoms with Crippen molar-refractivity contribution < 1.29 is 4.79 Å². The number of hydrogen-bond donors (Lipinski definition) is 2. The molecule has 1 aliphatic carbocycles. The molecular formula is C26H27N3O. The van der Waals surface area contributed by atoms with E-state index < -0.39 is 0 Å². The van der Waals surface area contributed by atoms with Gasteiger partial charge in [0.15, 0.2) is 11.6 Å². The highest BCUT2D eigenvalue weighted by atomic mass is 16.1. The molecule has 0 unspecified atom stereocenters. The molecule has 0 saturated heterocycles. The Kier molecular flexibility index (Phi) is 4.39. The first-order chi connectivity index (χ1) is 14.5. The third-order valence-corrected chi connectivity index (χ3v) is 6.35. The SMILES string of the molecule is CCc1ccc(-c2[nH]nc3c2[C@H](c2ccccc2)C2=C(CC(C)(C)CC2=O)N3)cc1. The molecule has 30 heavy (non-hydrogen) atoms. The van der Waals surface area contributed by atoms with E-state index >= 15 is 0 Å². The fourth-order valence-corrected chi connectivity index (χ4v) is 4.90. The lowest BCUT2D eigenvalue weighted by atomic mass is 9.69. The second-order valence-electron chi connectivity index (χ2n) is 9.21. The van der Waals surface area contributed by atoms with Gasteiger partial charge in [-0.2, -0.15) is 5.10 Å². The first kappa shape index (κ1) is 18.9. The summed E-state index contributed by atoms with van der Waals surface area (Å²) in [6.07, 6.45) is 2.44. The minimum absolute atomic E-state index is 0.0449. The van der Waals surface area contributed by atoms with Crippen LogP contribution in [0.1, 0.15) is 56.2 Å². The number of carbonyl (C=O) groups excluding carboxylic acids is 1. The van der Waals surface area contributed by atoms with Crippen molar-refractivity contribution in [1.82, 2.24) is 10.2 Å². The van der Waals surface area contributed by atoms with Gasteiger partial charge in [0.05, 0.1) is 5.69 Å². The van der Waals surface area contributed by atoms with Gasteiger partial charge in [-0.3, -0.25) is 9.89 Å². The standard InChI is InChI=1S/C26H27N3O/c1-4-16-10-12-18(13-11-16)24-23-21(17-8-6-5-7-9-17)22-19(27-25(23)29-28-24)14-26(2,3)15-20(22)30/h5-13,21H,4,14-15H2,1-3H3,(H2,27,28,29)/t21-/m1/s1. The van der Waals surface area contributed by atoms with Gasteiger partial charge < -0.3 is 5.32 Å². The van der Waals surface area contributed by atoms with E-state index in [1.807, 2.05) is 18.2 Å². The molecule has 5 rings (SSSR count). The van der Waals surface area contributed by atoms with Crippen LogP contribution < -0.4 is 5.32 Å². The topological polar surface area (TPSA) is 57.8 Å². The Morgan fingerprint density at radius 3 is 2.47 bits per heavy atom.